The molecule has 0 radical (unpaired) electrons. The molecular weight excluding hydrogens is 342 g/mol. The number of carbonyl (C=O) groups is 1. The van der Waals surface area contributed by atoms with Crippen molar-refractivity contribution >= 4 is 28.4 Å². The number of aryl methyl sites for hydroxylation is 1. The van der Waals surface area contributed by atoms with Gasteiger partial charge in [-0.15, -0.1) is 5.10 Å². The Hall–Kier alpha value is -3.03. The maximum atomic E-state index is 11.4. The lowest BCUT2D eigenvalue weighted by molar-refractivity contribution is -0.114. The minimum atomic E-state index is -0.144. The molecule has 0 aromatic carbocycles. The van der Waals surface area contributed by atoms with Crippen molar-refractivity contribution in [3.8, 4) is 11.3 Å². The second-order valence-corrected chi connectivity index (χ2v) is 7.45. The van der Waals surface area contributed by atoms with E-state index in [0.29, 0.717) is 17.9 Å². The number of nitrogens with zero attached hydrogens (tertiary/aromatic N) is 6. The van der Waals surface area contributed by atoms with Crippen molar-refractivity contribution in [2.24, 2.45) is 7.05 Å². The highest BCUT2D eigenvalue weighted by molar-refractivity contribution is 5.93. The Balaban J connectivity index is 1.68. The SMILES string of the molecule is CC(=O)Nc1cc2cc(-c3cn(C)nn3)c(N3C4CCC3CC4)nc2cn1. The number of hydrogen-bond donors (Lipinski definition) is 1. The van der Waals surface area contributed by atoms with E-state index < -0.39 is 0 Å². The topological polar surface area (TPSA) is 88.8 Å². The number of nitrogens with one attached hydrogen (secondary N) is 1. The Morgan fingerprint density at radius 2 is 1.93 bits per heavy atom. The standard InChI is InChI=1S/C19H21N7O/c1-11(27)21-18-8-12-7-15(17-10-25(2)24-23-17)19(22-16(12)9-20-18)26-13-3-4-14(26)6-5-13/h7-10,13-14H,3-6H2,1-2H3,(H,20,21,27). The summed E-state index contributed by atoms with van der Waals surface area (Å²) in [6.07, 6.45) is 8.55. The maximum Gasteiger partial charge on any atom is 0.222 e. The molecule has 1 amide bonds. The van der Waals surface area contributed by atoms with E-state index in [2.05, 4.69) is 31.6 Å². The molecule has 3 aromatic heterocycles. The van der Waals surface area contributed by atoms with E-state index in [0.717, 1.165) is 28.0 Å². The van der Waals surface area contributed by atoms with E-state index in [1.54, 1.807) is 10.9 Å². The summed E-state index contributed by atoms with van der Waals surface area (Å²) in [4.78, 5) is 23.1. The molecule has 0 aliphatic carbocycles. The highest BCUT2D eigenvalue weighted by Crippen LogP contribution is 2.44. The van der Waals surface area contributed by atoms with Gasteiger partial charge in [-0.1, -0.05) is 5.21 Å². The highest BCUT2D eigenvalue weighted by atomic mass is 16.1. The van der Waals surface area contributed by atoms with Crippen LogP contribution in [0, 0.1) is 0 Å². The molecule has 5 rings (SSSR count). The van der Waals surface area contributed by atoms with E-state index in [1.807, 2.05) is 19.3 Å². The van der Waals surface area contributed by atoms with Crippen LogP contribution in [0.4, 0.5) is 11.6 Å². The van der Waals surface area contributed by atoms with Crippen LogP contribution in [0.1, 0.15) is 32.6 Å². The highest BCUT2D eigenvalue weighted by Gasteiger charge is 2.41. The first-order valence-electron chi connectivity index (χ1n) is 9.32. The van der Waals surface area contributed by atoms with E-state index in [4.69, 9.17) is 4.98 Å². The van der Waals surface area contributed by atoms with Crippen molar-refractivity contribution in [1.82, 2.24) is 25.0 Å². The summed E-state index contributed by atoms with van der Waals surface area (Å²) in [6.45, 7) is 1.47. The number of hydrogen-bond acceptors (Lipinski definition) is 6. The van der Waals surface area contributed by atoms with Crippen molar-refractivity contribution in [1.29, 1.82) is 0 Å². The third-order valence-electron chi connectivity index (χ3n) is 5.56. The zero-order valence-corrected chi connectivity index (χ0v) is 15.4. The molecule has 8 heteroatoms. The largest absolute Gasteiger partial charge is 0.350 e. The molecule has 2 aliphatic rings. The summed E-state index contributed by atoms with van der Waals surface area (Å²) >= 11 is 0. The van der Waals surface area contributed by atoms with Crippen LogP contribution in [0.3, 0.4) is 0 Å². The summed E-state index contributed by atoms with van der Waals surface area (Å²) in [7, 11) is 1.86. The van der Waals surface area contributed by atoms with Gasteiger partial charge in [-0.2, -0.15) is 0 Å². The van der Waals surface area contributed by atoms with Gasteiger partial charge in [-0.25, -0.2) is 9.97 Å². The molecule has 27 heavy (non-hydrogen) atoms. The van der Waals surface area contributed by atoms with Crippen molar-refractivity contribution < 1.29 is 4.79 Å². The lowest BCUT2D eigenvalue weighted by Crippen LogP contribution is -2.29. The number of aromatic nitrogens is 5. The Bertz CT molecular complexity index is 1020. The van der Waals surface area contributed by atoms with Gasteiger partial charge >= 0.3 is 0 Å². The second kappa shape index (κ2) is 6.00. The fraction of sp³-hybridized carbons (Fsp3) is 0.421. The Kier molecular flexibility index (Phi) is 3.60. The van der Waals surface area contributed by atoms with Crippen LogP contribution < -0.4 is 10.2 Å². The molecule has 0 unspecified atom stereocenters. The van der Waals surface area contributed by atoms with Gasteiger partial charge in [0.25, 0.3) is 0 Å². The van der Waals surface area contributed by atoms with E-state index in [1.165, 1.54) is 32.6 Å². The number of anilines is 2. The van der Waals surface area contributed by atoms with E-state index in [9.17, 15) is 4.79 Å². The predicted octanol–water partition coefficient (Wildman–Crippen LogP) is 2.51. The van der Waals surface area contributed by atoms with Gasteiger partial charge in [0.2, 0.25) is 5.91 Å². The van der Waals surface area contributed by atoms with Crippen LogP contribution in [-0.4, -0.2) is 43.0 Å². The van der Waals surface area contributed by atoms with Crippen LogP contribution in [0.25, 0.3) is 22.2 Å². The first kappa shape index (κ1) is 16.2. The molecule has 5 heterocycles. The molecule has 3 aromatic rings. The van der Waals surface area contributed by atoms with Crippen molar-refractivity contribution in [2.75, 3.05) is 10.2 Å². The van der Waals surface area contributed by atoms with Crippen molar-refractivity contribution in [3.63, 3.8) is 0 Å². The van der Waals surface area contributed by atoms with Gasteiger partial charge in [0.15, 0.2) is 0 Å². The molecule has 8 nitrogen and oxygen atoms in total. The number of carbonyl (C=O) groups excluding carboxylic acids is 1. The van der Waals surface area contributed by atoms with Crippen LogP contribution >= 0.6 is 0 Å². The Morgan fingerprint density at radius 1 is 1.19 bits per heavy atom. The second-order valence-electron chi connectivity index (χ2n) is 7.45. The molecule has 2 aliphatic heterocycles. The quantitative estimate of drug-likeness (QED) is 0.769. The summed E-state index contributed by atoms with van der Waals surface area (Å²) in [5, 5.41) is 12.1. The summed E-state index contributed by atoms with van der Waals surface area (Å²) < 4.78 is 1.71. The maximum absolute atomic E-state index is 11.4. The number of pyridine rings is 2. The summed E-state index contributed by atoms with van der Waals surface area (Å²) in [6, 6.07) is 5.06. The lowest BCUT2D eigenvalue weighted by atomic mass is 10.0. The van der Waals surface area contributed by atoms with Crippen LogP contribution in [-0.2, 0) is 11.8 Å². The van der Waals surface area contributed by atoms with Crippen LogP contribution in [0.2, 0.25) is 0 Å². The molecule has 0 saturated carbocycles. The summed E-state index contributed by atoms with van der Waals surface area (Å²) in [5.74, 6) is 1.35. The van der Waals surface area contributed by atoms with Gasteiger partial charge in [0.05, 0.1) is 17.9 Å². The lowest BCUT2D eigenvalue weighted by Gasteiger charge is -2.25. The van der Waals surface area contributed by atoms with Gasteiger partial charge in [-0.3, -0.25) is 9.48 Å². The fourth-order valence-electron chi connectivity index (χ4n) is 4.43. The first-order valence-corrected chi connectivity index (χ1v) is 9.32. The minimum Gasteiger partial charge on any atom is -0.350 e. The van der Waals surface area contributed by atoms with Crippen molar-refractivity contribution in [3.05, 3.63) is 24.5 Å². The van der Waals surface area contributed by atoms with Gasteiger partial charge < -0.3 is 10.2 Å². The fourth-order valence-corrected chi connectivity index (χ4v) is 4.43. The number of fused-ring (bicyclic) bond motifs is 3. The zero-order chi connectivity index (χ0) is 18.5. The predicted molar refractivity (Wildman–Crippen MR) is 102 cm³/mol. The van der Waals surface area contributed by atoms with E-state index >= 15 is 0 Å². The third-order valence-corrected chi connectivity index (χ3v) is 5.56. The molecule has 2 bridgehead atoms. The monoisotopic (exact) mass is 363 g/mol. The first-order chi connectivity index (χ1) is 13.1. The molecule has 1 N–H and O–H groups in total. The average molecular weight is 363 g/mol. The Labute approximate surface area is 156 Å². The molecule has 0 atom stereocenters. The average Bonchev–Trinajstić information content (AvgIpc) is 3.35. The number of rotatable bonds is 3. The van der Waals surface area contributed by atoms with Gasteiger partial charge in [-0.05, 0) is 37.8 Å². The number of amides is 1. The minimum absolute atomic E-state index is 0.144. The molecular formula is C19H21N7O. The van der Waals surface area contributed by atoms with Crippen LogP contribution in [0.15, 0.2) is 24.5 Å². The van der Waals surface area contributed by atoms with E-state index in [-0.39, 0.29) is 5.91 Å². The molecule has 0 spiro atoms. The molecule has 2 saturated heterocycles. The van der Waals surface area contributed by atoms with Crippen LogP contribution in [0.5, 0.6) is 0 Å². The van der Waals surface area contributed by atoms with Gasteiger partial charge in [0, 0.05) is 37.0 Å². The smallest absolute Gasteiger partial charge is 0.222 e. The molecule has 2 fully saturated rings. The van der Waals surface area contributed by atoms with Gasteiger partial charge in [0.1, 0.15) is 17.3 Å². The third kappa shape index (κ3) is 2.72. The zero-order valence-electron chi connectivity index (χ0n) is 15.4. The summed E-state index contributed by atoms with van der Waals surface area (Å²) in [5.41, 5.74) is 2.61. The molecule has 138 valence electrons. The van der Waals surface area contributed by atoms with Crippen molar-refractivity contribution in [2.45, 2.75) is 44.7 Å². The normalized spacial score (nSPS) is 21.2. The Morgan fingerprint density at radius 3 is 2.56 bits per heavy atom.